The van der Waals surface area contributed by atoms with E-state index in [4.69, 9.17) is 0 Å². The van der Waals surface area contributed by atoms with Gasteiger partial charge in [-0.15, -0.1) is 0 Å². The molecule has 0 bridgehead atoms. The Labute approximate surface area is 136 Å². The van der Waals surface area contributed by atoms with Crippen molar-refractivity contribution >= 4 is 26.7 Å². The number of carbonyl (C=O) groups excluding carboxylic acids is 1. The van der Waals surface area contributed by atoms with Gasteiger partial charge in [0.15, 0.2) is 5.78 Å². The first-order valence-corrected chi connectivity index (χ1v) is 9.41. The van der Waals surface area contributed by atoms with Gasteiger partial charge in [-0.2, -0.15) is 4.31 Å². The average molecular weight is 335 g/mol. The highest BCUT2D eigenvalue weighted by Gasteiger charge is 2.26. The summed E-state index contributed by atoms with van der Waals surface area (Å²) in [5.41, 5.74) is 1.65. The van der Waals surface area contributed by atoms with Crippen molar-refractivity contribution in [2.75, 3.05) is 38.5 Å². The summed E-state index contributed by atoms with van der Waals surface area (Å²) in [6, 6.07) is 7.73. The molecule has 1 aromatic carbocycles. The number of ketones is 1. The number of nitrogens with zero attached hydrogens (tertiary/aromatic N) is 2. The second-order valence-electron chi connectivity index (χ2n) is 5.75. The Kier molecular flexibility index (Phi) is 4.52. The molecule has 0 amide bonds. The molecule has 1 aliphatic rings. The first kappa shape index (κ1) is 16.2. The molecule has 1 aliphatic heterocycles. The smallest absolute Gasteiger partial charge is 0.213 e. The molecule has 1 aromatic heterocycles. The van der Waals surface area contributed by atoms with E-state index in [1.807, 2.05) is 29.2 Å². The van der Waals surface area contributed by atoms with Crippen molar-refractivity contribution in [3.05, 3.63) is 36.0 Å². The Morgan fingerprint density at radius 3 is 2.57 bits per heavy atom. The summed E-state index contributed by atoms with van der Waals surface area (Å²) >= 11 is 0. The molecule has 3 rings (SSSR count). The second kappa shape index (κ2) is 6.43. The number of hydrogen-bond donors (Lipinski definition) is 1. The Balaban J connectivity index is 1.64. The van der Waals surface area contributed by atoms with Gasteiger partial charge in [0, 0.05) is 48.8 Å². The third kappa shape index (κ3) is 3.31. The molecule has 7 heteroatoms. The van der Waals surface area contributed by atoms with Crippen molar-refractivity contribution in [1.29, 1.82) is 0 Å². The van der Waals surface area contributed by atoms with Crippen LogP contribution < -0.4 is 0 Å². The summed E-state index contributed by atoms with van der Waals surface area (Å²) < 4.78 is 25.2. The number of carbonyl (C=O) groups is 1. The van der Waals surface area contributed by atoms with Gasteiger partial charge < -0.3 is 4.98 Å². The van der Waals surface area contributed by atoms with Gasteiger partial charge in [-0.25, -0.2) is 8.42 Å². The molecule has 23 heavy (non-hydrogen) atoms. The first-order valence-electron chi connectivity index (χ1n) is 7.81. The van der Waals surface area contributed by atoms with Crippen molar-refractivity contribution in [3.63, 3.8) is 0 Å². The molecule has 2 heterocycles. The molecule has 0 radical (unpaired) electrons. The van der Waals surface area contributed by atoms with E-state index in [9.17, 15) is 13.2 Å². The number of benzene rings is 1. The van der Waals surface area contributed by atoms with Crippen LogP contribution in [0, 0.1) is 0 Å². The molecule has 1 fully saturated rings. The summed E-state index contributed by atoms with van der Waals surface area (Å²) in [7, 11) is -3.13. The molecule has 0 spiro atoms. The van der Waals surface area contributed by atoms with Crippen LogP contribution in [0.1, 0.15) is 17.3 Å². The zero-order chi connectivity index (χ0) is 16.4. The standard InChI is InChI=1S/C16H21N3O3S/c1-2-23(21,22)19-9-7-18(8-10-19)12-16(20)14-11-17-15-6-4-3-5-13(14)15/h3-6,11,17H,2,7-10,12H2,1H3. The first-order chi connectivity index (χ1) is 11.0. The maximum absolute atomic E-state index is 12.5. The third-order valence-corrected chi connectivity index (χ3v) is 6.23. The summed E-state index contributed by atoms with van der Waals surface area (Å²) in [5, 5.41) is 0.935. The van der Waals surface area contributed by atoms with Gasteiger partial charge >= 0.3 is 0 Å². The van der Waals surface area contributed by atoms with Gasteiger partial charge in [-0.05, 0) is 13.0 Å². The number of rotatable bonds is 5. The highest BCUT2D eigenvalue weighted by Crippen LogP contribution is 2.19. The number of para-hydroxylation sites is 1. The number of piperazine rings is 1. The molecule has 6 nitrogen and oxygen atoms in total. The fourth-order valence-corrected chi connectivity index (χ4v) is 4.02. The Bertz CT molecular complexity index is 805. The van der Waals surface area contributed by atoms with E-state index < -0.39 is 10.0 Å². The number of aromatic nitrogens is 1. The molecule has 124 valence electrons. The SMILES string of the molecule is CCS(=O)(=O)N1CCN(CC(=O)c2c[nH]c3ccccc23)CC1. The van der Waals surface area contributed by atoms with E-state index in [1.54, 1.807) is 13.1 Å². The second-order valence-corrected chi connectivity index (χ2v) is 8.00. The van der Waals surface area contributed by atoms with Crippen molar-refractivity contribution < 1.29 is 13.2 Å². The lowest BCUT2D eigenvalue weighted by molar-refractivity contribution is 0.0903. The Hall–Kier alpha value is -1.70. The van der Waals surface area contributed by atoms with Crippen molar-refractivity contribution in [2.24, 2.45) is 0 Å². The molecule has 0 atom stereocenters. The number of H-pyrrole nitrogens is 1. The lowest BCUT2D eigenvalue weighted by Crippen LogP contribution is -2.50. The number of fused-ring (bicyclic) bond motifs is 1. The van der Waals surface area contributed by atoms with E-state index in [0.29, 0.717) is 38.3 Å². The predicted molar refractivity (Wildman–Crippen MR) is 90.1 cm³/mol. The van der Waals surface area contributed by atoms with Gasteiger partial charge in [0.25, 0.3) is 0 Å². The maximum Gasteiger partial charge on any atom is 0.213 e. The number of sulfonamides is 1. The Morgan fingerprint density at radius 1 is 1.17 bits per heavy atom. The fraction of sp³-hybridized carbons (Fsp3) is 0.438. The number of Topliss-reactive ketones (excluding diaryl/α,β-unsaturated/α-hetero) is 1. The molecule has 1 saturated heterocycles. The van der Waals surface area contributed by atoms with Crippen molar-refractivity contribution in [2.45, 2.75) is 6.92 Å². The molecule has 2 aromatic rings. The molecule has 0 aliphatic carbocycles. The van der Waals surface area contributed by atoms with Crippen LogP contribution in [0.2, 0.25) is 0 Å². The largest absolute Gasteiger partial charge is 0.360 e. The van der Waals surface area contributed by atoms with Crippen molar-refractivity contribution in [3.8, 4) is 0 Å². The van der Waals surface area contributed by atoms with Crippen LogP contribution in [-0.4, -0.2) is 66.9 Å². The van der Waals surface area contributed by atoms with E-state index in [1.165, 1.54) is 4.31 Å². The minimum atomic E-state index is -3.13. The molecular weight excluding hydrogens is 314 g/mol. The lowest BCUT2D eigenvalue weighted by Gasteiger charge is -2.33. The zero-order valence-corrected chi connectivity index (χ0v) is 14.0. The predicted octanol–water partition coefficient (Wildman–Crippen LogP) is 1.32. The minimum absolute atomic E-state index is 0.0641. The Morgan fingerprint density at radius 2 is 1.87 bits per heavy atom. The monoisotopic (exact) mass is 335 g/mol. The van der Waals surface area contributed by atoms with Gasteiger partial charge in [0.1, 0.15) is 0 Å². The van der Waals surface area contributed by atoms with Crippen LogP contribution in [0.15, 0.2) is 30.5 Å². The average Bonchev–Trinajstić information content (AvgIpc) is 2.99. The van der Waals surface area contributed by atoms with E-state index in [0.717, 1.165) is 10.9 Å². The van der Waals surface area contributed by atoms with E-state index >= 15 is 0 Å². The zero-order valence-electron chi connectivity index (χ0n) is 13.2. The molecule has 0 unspecified atom stereocenters. The number of hydrogen-bond acceptors (Lipinski definition) is 4. The summed E-state index contributed by atoms with van der Waals surface area (Å²) in [6.45, 7) is 4.07. The normalized spacial score (nSPS) is 17.6. The third-order valence-electron chi connectivity index (χ3n) is 4.35. The van der Waals surface area contributed by atoms with Crippen LogP contribution in [0.3, 0.4) is 0 Å². The maximum atomic E-state index is 12.5. The topological polar surface area (TPSA) is 73.5 Å². The summed E-state index contributed by atoms with van der Waals surface area (Å²) in [4.78, 5) is 17.7. The van der Waals surface area contributed by atoms with Gasteiger partial charge in [-0.1, -0.05) is 18.2 Å². The summed E-state index contributed by atoms with van der Waals surface area (Å²) in [6.07, 6.45) is 1.75. The van der Waals surface area contributed by atoms with Crippen LogP contribution in [0.5, 0.6) is 0 Å². The van der Waals surface area contributed by atoms with Crippen LogP contribution >= 0.6 is 0 Å². The van der Waals surface area contributed by atoms with Crippen LogP contribution in [0.4, 0.5) is 0 Å². The quantitative estimate of drug-likeness (QED) is 0.837. The van der Waals surface area contributed by atoms with Gasteiger partial charge in [0.05, 0.1) is 12.3 Å². The van der Waals surface area contributed by atoms with Gasteiger partial charge in [-0.3, -0.25) is 9.69 Å². The van der Waals surface area contributed by atoms with Gasteiger partial charge in [0.2, 0.25) is 10.0 Å². The number of nitrogens with one attached hydrogen (secondary N) is 1. The summed E-state index contributed by atoms with van der Waals surface area (Å²) in [5.74, 6) is 0.190. The lowest BCUT2D eigenvalue weighted by atomic mass is 10.1. The molecule has 0 saturated carbocycles. The highest BCUT2D eigenvalue weighted by atomic mass is 32.2. The molecular formula is C16H21N3O3S. The van der Waals surface area contributed by atoms with E-state index in [2.05, 4.69) is 4.98 Å². The fourth-order valence-electron chi connectivity index (χ4n) is 2.94. The highest BCUT2D eigenvalue weighted by molar-refractivity contribution is 7.89. The van der Waals surface area contributed by atoms with Crippen LogP contribution in [0.25, 0.3) is 10.9 Å². The molecule has 1 N–H and O–H groups in total. The van der Waals surface area contributed by atoms with Crippen molar-refractivity contribution in [1.82, 2.24) is 14.2 Å². The van der Waals surface area contributed by atoms with E-state index in [-0.39, 0.29) is 11.5 Å². The number of aromatic amines is 1. The minimum Gasteiger partial charge on any atom is -0.360 e. The van der Waals surface area contributed by atoms with Crippen LogP contribution in [-0.2, 0) is 10.0 Å².